The molecule has 1 aromatic heterocycles. The van der Waals surface area contributed by atoms with E-state index in [-0.39, 0.29) is 18.0 Å². The number of hydrogen-bond acceptors (Lipinski definition) is 5. The minimum atomic E-state index is -3.64. The van der Waals surface area contributed by atoms with E-state index in [4.69, 9.17) is 10.5 Å². The molecule has 7 heteroatoms. The lowest BCUT2D eigenvalue weighted by Gasteiger charge is -2.10. The van der Waals surface area contributed by atoms with Gasteiger partial charge < -0.3 is 10.5 Å². The fraction of sp³-hybridized carbons (Fsp3) is 0.214. The van der Waals surface area contributed by atoms with E-state index >= 15 is 0 Å². The zero-order valence-electron chi connectivity index (χ0n) is 11.6. The van der Waals surface area contributed by atoms with Gasteiger partial charge in [-0.2, -0.15) is 0 Å². The van der Waals surface area contributed by atoms with Crippen molar-refractivity contribution < 1.29 is 13.2 Å². The maximum atomic E-state index is 12.3. The lowest BCUT2D eigenvalue weighted by atomic mass is 10.2. The Labute approximate surface area is 124 Å². The number of rotatable bonds is 6. The first-order valence-corrected chi connectivity index (χ1v) is 7.81. The number of benzene rings is 1. The van der Waals surface area contributed by atoms with Gasteiger partial charge in [0.05, 0.1) is 12.8 Å². The summed E-state index contributed by atoms with van der Waals surface area (Å²) in [5.74, 6) is 0.722. The van der Waals surface area contributed by atoms with E-state index in [0.29, 0.717) is 5.69 Å². The molecular weight excluding hydrogens is 290 g/mol. The monoisotopic (exact) mass is 307 g/mol. The Bertz CT molecular complexity index is 700. The van der Waals surface area contributed by atoms with Crippen LogP contribution in [0.4, 0.5) is 0 Å². The van der Waals surface area contributed by atoms with Gasteiger partial charge in [-0.3, -0.25) is 4.98 Å². The molecule has 112 valence electrons. The van der Waals surface area contributed by atoms with Crippen LogP contribution in [0.15, 0.2) is 47.5 Å². The SMILES string of the molecule is COc1ccc(CNS(=O)(=O)c2cccnc2CN)cc1. The minimum absolute atomic E-state index is 0.0691. The topological polar surface area (TPSA) is 94.3 Å². The quantitative estimate of drug-likeness (QED) is 0.831. The highest BCUT2D eigenvalue weighted by molar-refractivity contribution is 7.89. The number of aromatic nitrogens is 1. The highest BCUT2D eigenvalue weighted by Gasteiger charge is 2.18. The average molecular weight is 307 g/mol. The average Bonchev–Trinajstić information content (AvgIpc) is 2.53. The summed E-state index contributed by atoms with van der Waals surface area (Å²) in [6.07, 6.45) is 1.52. The first-order chi connectivity index (χ1) is 10.1. The summed E-state index contributed by atoms with van der Waals surface area (Å²) < 4.78 is 32.1. The van der Waals surface area contributed by atoms with Crippen LogP contribution < -0.4 is 15.2 Å². The summed E-state index contributed by atoms with van der Waals surface area (Å²) in [6, 6.07) is 10.2. The normalized spacial score (nSPS) is 11.3. The molecule has 0 amide bonds. The van der Waals surface area contributed by atoms with Crippen LogP contribution in [0.1, 0.15) is 11.3 Å². The Balaban J connectivity index is 2.13. The van der Waals surface area contributed by atoms with E-state index in [1.54, 1.807) is 37.4 Å². The zero-order valence-corrected chi connectivity index (χ0v) is 12.4. The lowest BCUT2D eigenvalue weighted by molar-refractivity contribution is 0.414. The van der Waals surface area contributed by atoms with Crippen molar-refractivity contribution in [3.63, 3.8) is 0 Å². The molecule has 0 saturated heterocycles. The van der Waals surface area contributed by atoms with Gasteiger partial charge in [-0.25, -0.2) is 13.1 Å². The highest BCUT2D eigenvalue weighted by Crippen LogP contribution is 2.14. The third-order valence-electron chi connectivity index (χ3n) is 2.96. The van der Waals surface area contributed by atoms with Gasteiger partial charge in [0.25, 0.3) is 0 Å². The Hall–Kier alpha value is -1.96. The van der Waals surface area contributed by atoms with E-state index in [2.05, 4.69) is 9.71 Å². The predicted octanol–water partition coefficient (Wildman–Crippen LogP) is 1.03. The summed E-state index contributed by atoms with van der Waals surface area (Å²) in [7, 11) is -2.06. The fourth-order valence-electron chi connectivity index (χ4n) is 1.82. The number of hydrogen-bond donors (Lipinski definition) is 2. The van der Waals surface area contributed by atoms with Gasteiger partial charge >= 0.3 is 0 Å². The second-order valence-corrected chi connectivity index (χ2v) is 6.06. The predicted molar refractivity (Wildman–Crippen MR) is 79.1 cm³/mol. The van der Waals surface area contributed by atoms with Crippen molar-refractivity contribution in [3.8, 4) is 5.75 Å². The second kappa shape index (κ2) is 6.66. The third kappa shape index (κ3) is 3.78. The Morgan fingerprint density at radius 1 is 1.24 bits per heavy atom. The molecule has 0 radical (unpaired) electrons. The van der Waals surface area contributed by atoms with Crippen molar-refractivity contribution in [2.24, 2.45) is 5.73 Å². The van der Waals surface area contributed by atoms with Crippen LogP contribution in [-0.4, -0.2) is 20.5 Å². The largest absolute Gasteiger partial charge is 0.497 e. The van der Waals surface area contributed by atoms with Gasteiger partial charge in [0.2, 0.25) is 10.0 Å². The summed E-state index contributed by atoms with van der Waals surface area (Å²) in [5.41, 5.74) is 6.70. The summed E-state index contributed by atoms with van der Waals surface area (Å²) in [6.45, 7) is 0.255. The van der Waals surface area contributed by atoms with Crippen molar-refractivity contribution in [2.75, 3.05) is 7.11 Å². The molecular formula is C14H17N3O3S. The van der Waals surface area contributed by atoms with Crippen molar-refractivity contribution in [1.82, 2.24) is 9.71 Å². The molecule has 0 aliphatic rings. The summed E-state index contributed by atoms with van der Waals surface area (Å²) in [4.78, 5) is 4.09. The van der Waals surface area contributed by atoms with Gasteiger partial charge in [0.15, 0.2) is 0 Å². The van der Waals surface area contributed by atoms with E-state index in [1.807, 2.05) is 0 Å². The van der Waals surface area contributed by atoms with Crippen molar-refractivity contribution in [3.05, 3.63) is 53.9 Å². The standard InChI is InChI=1S/C14H17N3O3S/c1-20-12-6-4-11(5-7-12)10-17-21(18,19)14-3-2-8-16-13(14)9-15/h2-8,17H,9-10,15H2,1H3. The molecule has 6 nitrogen and oxygen atoms in total. The number of pyridine rings is 1. The third-order valence-corrected chi connectivity index (χ3v) is 4.43. The van der Waals surface area contributed by atoms with Gasteiger partial charge in [0, 0.05) is 19.3 Å². The molecule has 1 heterocycles. The molecule has 3 N–H and O–H groups in total. The molecule has 0 bridgehead atoms. The van der Waals surface area contributed by atoms with E-state index < -0.39 is 10.0 Å². The molecule has 0 fully saturated rings. The minimum Gasteiger partial charge on any atom is -0.497 e. The van der Waals surface area contributed by atoms with Crippen molar-refractivity contribution in [2.45, 2.75) is 18.0 Å². The maximum absolute atomic E-state index is 12.3. The van der Waals surface area contributed by atoms with Crippen LogP contribution in [0.2, 0.25) is 0 Å². The maximum Gasteiger partial charge on any atom is 0.242 e. The van der Waals surface area contributed by atoms with E-state index in [9.17, 15) is 8.42 Å². The van der Waals surface area contributed by atoms with Crippen molar-refractivity contribution in [1.29, 1.82) is 0 Å². The van der Waals surface area contributed by atoms with Gasteiger partial charge in [-0.15, -0.1) is 0 Å². The molecule has 2 aromatic rings. The van der Waals surface area contributed by atoms with Crippen molar-refractivity contribution >= 4 is 10.0 Å². The number of nitrogens with two attached hydrogens (primary N) is 1. The lowest BCUT2D eigenvalue weighted by Crippen LogP contribution is -2.25. The second-order valence-electron chi connectivity index (χ2n) is 4.32. The van der Waals surface area contributed by atoms with Crippen LogP contribution in [0, 0.1) is 0 Å². The van der Waals surface area contributed by atoms with Crippen LogP contribution in [0.3, 0.4) is 0 Å². The molecule has 2 rings (SSSR count). The van der Waals surface area contributed by atoms with Crippen LogP contribution in [0.5, 0.6) is 5.75 Å². The Morgan fingerprint density at radius 2 is 1.95 bits per heavy atom. The highest BCUT2D eigenvalue weighted by atomic mass is 32.2. The van der Waals surface area contributed by atoms with Crippen LogP contribution >= 0.6 is 0 Å². The number of methoxy groups -OCH3 is 1. The molecule has 1 aromatic carbocycles. The molecule has 0 aliphatic heterocycles. The molecule has 21 heavy (non-hydrogen) atoms. The molecule has 0 saturated carbocycles. The Kier molecular flexibility index (Phi) is 4.89. The zero-order chi connectivity index (χ0) is 15.3. The first-order valence-electron chi connectivity index (χ1n) is 6.33. The Morgan fingerprint density at radius 3 is 2.57 bits per heavy atom. The van der Waals surface area contributed by atoms with Crippen LogP contribution in [-0.2, 0) is 23.1 Å². The molecule has 0 spiro atoms. The van der Waals surface area contributed by atoms with Gasteiger partial charge in [-0.1, -0.05) is 12.1 Å². The van der Waals surface area contributed by atoms with E-state index in [0.717, 1.165) is 11.3 Å². The number of nitrogens with zero attached hydrogens (tertiary/aromatic N) is 1. The van der Waals surface area contributed by atoms with Gasteiger partial charge in [0.1, 0.15) is 10.6 Å². The van der Waals surface area contributed by atoms with E-state index in [1.165, 1.54) is 12.3 Å². The fourth-order valence-corrected chi connectivity index (χ4v) is 3.04. The molecule has 0 unspecified atom stereocenters. The molecule has 0 atom stereocenters. The first kappa shape index (κ1) is 15.4. The summed E-state index contributed by atoms with van der Waals surface area (Å²) in [5, 5.41) is 0. The van der Waals surface area contributed by atoms with Gasteiger partial charge in [-0.05, 0) is 29.8 Å². The number of nitrogens with one attached hydrogen (secondary N) is 1. The summed E-state index contributed by atoms with van der Waals surface area (Å²) >= 11 is 0. The molecule has 0 aliphatic carbocycles. The van der Waals surface area contributed by atoms with Crippen LogP contribution in [0.25, 0.3) is 0 Å². The number of sulfonamides is 1. The number of ether oxygens (including phenoxy) is 1. The smallest absolute Gasteiger partial charge is 0.242 e.